The van der Waals surface area contributed by atoms with E-state index >= 15 is 0 Å². The van der Waals surface area contributed by atoms with Crippen molar-refractivity contribution in [2.24, 2.45) is 0 Å². The van der Waals surface area contributed by atoms with E-state index in [9.17, 15) is 0 Å². The molecule has 1 saturated heterocycles. The Kier molecular flexibility index (Phi) is 3.08. The Hall–Kier alpha value is -0.550. The molecule has 4 nitrogen and oxygen atoms in total. The van der Waals surface area contributed by atoms with Crippen LogP contribution in [0, 0.1) is 0 Å². The fourth-order valence-electron chi connectivity index (χ4n) is 1.57. The molecule has 1 aromatic rings. The molecule has 1 aliphatic heterocycles. The number of aromatic nitrogens is 2. The summed E-state index contributed by atoms with van der Waals surface area (Å²) in [6.07, 6.45) is 5.34. The molecule has 1 atom stereocenters. The second-order valence-corrected chi connectivity index (χ2v) is 4.14. The molecule has 2 rings (SSSR count). The van der Waals surface area contributed by atoms with Crippen LogP contribution in [0.25, 0.3) is 0 Å². The highest BCUT2D eigenvalue weighted by atomic mass is 79.9. The molecule has 0 aromatic carbocycles. The lowest BCUT2D eigenvalue weighted by Crippen LogP contribution is -2.18. The second-order valence-electron chi connectivity index (χ2n) is 3.29. The third kappa shape index (κ3) is 1.93. The van der Waals surface area contributed by atoms with Crippen LogP contribution in [0.4, 0.5) is 0 Å². The van der Waals surface area contributed by atoms with Crippen molar-refractivity contribution in [3.8, 4) is 5.88 Å². The van der Waals surface area contributed by atoms with Gasteiger partial charge in [0.05, 0.1) is 11.6 Å². The van der Waals surface area contributed by atoms with Crippen LogP contribution >= 0.6 is 15.9 Å². The summed E-state index contributed by atoms with van der Waals surface area (Å²) in [4.78, 5) is 0. The van der Waals surface area contributed by atoms with Crippen LogP contribution in [-0.2, 0) is 4.74 Å². The van der Waals surface area contributed by atoms with Crippen molar-refractivity contribution in [1.29, 1.82) is 0 Å². The van der Waals surface area contributed by atoms with Crippen molar-refractivity contribution in [3.05, 3.63) is 10.7 Å². The van der Waals surface area contributed by atoms with Gasteiger partial charge in [0.2, 0.25) is 5.88 Å². The molecule has 1 aliphatic rings. The molecule has 0 radical (unpaired) electrons. The predicted molar refractivity (Wildman–Crippen MR) is 55.3 cm³/mol. The molecule has 1 fully saturated rings. The molecule has 0 aliphatic carbocycles. The van der Waals surface area contributed by atoms with Crippen molar-refractivity contribution in [1.82, 2.24) is 9.78 Å². The van der Waals surface area contributed by atoms with E-state index in [0.29, 0.717) is 5.88 Å². The lowest BCUT2D eigenvalue weighted by Gasteiger charge is -2.22. The maximum Gasteiger partial charge on any atom is 0.247 e. The number of hydrogen-bond donors (Lipinski definition) is 0. The smallest absolute Gasteiger partial charge is 0.247 e. The van der Waals surface area contributed by atoms with E-state index in [1.165, 1.54) is 6.42 Å². The maximum atomic E-state index is 5.60. The Labute approximate surface area is 91.3 Å². The third-order valence-electron chi connectivity index (χ3n) is 2.30. The van der Waals surface area contributed by atoms with Gasteiger partial charge in [0, 0.05) is 12.8 Å². The first-order valence-electron chi connectivity index (χ1n) is 4.71. The van der Waals surface area contributed by atoms with Gasteiger partial charge in [0.25, 0.3) is 0 Å². The summed E-state index contributed by atoms with van der Waals surface area (Å²) in [5, 5.41) is 4.27. The zero-order chi connectivity index (χ0) is 9.97. The van der Waals surface area contributed by atoms with E-state index in [4.69, 9.17) is 9.47 Å². The number of hydrogen-bond acceptors (Lipinski definition) is 3. The Morgan fingerprint density at radius 1 is 1.64 bits per heavy atom. The molecule has 78 valence electrons. The quantitative estimate of drug-likeness (QED) is 0.819. The molecule has 0 spiro atoms. The predicted octanol–water partition coefficient (Wildman–Crippen LogP) is 2.35. The lowest BCUT2D eigenvalue weighted by atomic mass is 10.2. The summed E-state index contributed by atoms with van der Waals surface area (Å²) in [6.45, 7) is 0.824. The Bertz CT molecular complexity index is 308. The lowest BCUT2D eigenvalue weighted by molar-refractivity contribution is -0.0399. The van der Waals surface area contributed by atoms with Gasteiger partial charge in [-0.1, -0.05) is 0 Å². The molecule has 0 saturated carbocycles. The van der Waals surface area contributed by atoms with Gasteiger partial charge in [-0.3, -0.25) is 0 Å². The molecule has 2 heterocycles. The van der Waals surface area contributed by atoms with E-state index in [0.717, 1.165) is 23.9 Å². The minimum atomic E-state index is 0.0731. The minimum absolute atomic E-state index is 0.0731. The number of halogens is 1. The summed E-state index contributed by atoms with van der Waals surface area (Å²) in [5.74, 6) is 0.610. The molecule has 0 N–H and O–H groups in total. The Morgan fingerprint density at radius 2 is 2.50 bits per heavy atom. The fraction of sp³-hybridized carbons (Fsp3) is 0.667. The largest absolute Gasteiger partial charge is 0.479 e. The van der Waals surface area contributed by atoms with E-state index in [-0.39, 0.29) is 6.23 Å². The van der Waals surface area contributed by atoms with E-state index in [2.05, 4.69) is 21.0 Å². The van der Waals surface area contributed by atoms with Crippen LogP contribution in [-0.4, -0.2) is 23.5 Å². The highest BCUT2D eigenvalue weighted by Gasteiger charge is 2.18. The molecule has 0 bridgehead atoms. The number of nitrogens with zero attached hydrogens (tertiary/aromatic N) is 2. The summed E-state index contributed by atoms with van der Waals surface area (Å²) in [6, 6.07) is 0. The second kappa shape index (κ2) is 4.31. The maximum absolute atomic E-state index is 5.60. The molecular formula is C9H13BrN2O2. The van der Waals surface area contributed by atoms with Gasteiger partial charge in [-0.2, -0.15) is 0 Å². The van der Waals surface area contributed by atoms with Crippen molar-refractivity contribution in [3.63, 3.8) is 0 Å². The summed E-state index contributed by atoms with van der Waals surface area (Å²) < 4.78 is 13.4. The topological polar surface area (TPSA) is 36.3 Å². The van der Waals surface area contributed by atoms with Crippen molar-refractivity contribution >= 4 is 15.9 Å². The van der Waals surface area contributed by atoms with Crippen LogP contribution in [0.1, 0.15) is 25.5 Å². The normalized spacial score (nSPS) is 22.3. The standard InChI is InChI=1S/C9H13BrN2O2/c1-13-9-7(10)6-12(11-9)8-4-2-3-5-14-8/h6,8H,2-5H2,1H3. The van der Waals surface area contributed by atoms with Gasteiger partial charge >= 0.3 is 0 Å². The molecule has 1 unspecified atom stereocenters. The zero-order valence-corrected chi connectivity index (χ0v) is 9.66. The first-order valence-corrected chi connectivity index (χ1v) is 5.51. The first-order chi connectivity index (χ1) is 6.81. The molecule has 0 amide bonds. The van der Waals surface area contributed by atoms with Crippen molar-refractivity contribution in [2.45, 2.75) is 25.5 Å². The monoisotopic (exact) mass is 260 g/mol. The van der Waals surface area contributed by atoms with Crippen molar-refractivity contribution < 1.29 is 9.47 Å². The van der Waals surface area contributed by atoms with Gasteiger partial charge in [-0.25, -0.2) is 4.68 Å². The summed E-state index contributed by atoms with van der Waals surface area (Å²) >= 11 is 3.38. The van der Waals surface area contributed by atoms with Gasteiger partial charge in [0.15, 0.2) is 0 Å². The van der Waals surface area contributed by atoms with Crippen LogP contribution in [0.15, 0.2) is 10.7 Å². The first kappa shape index (κ1) is 9.98. The highest BCUT2D eigenvalue weighted by Crippen LogP contribution is 2.28. The minimum Gasteiger partial charge on any atom is -0.479 e. The summed E-state index contributed by atoms with van der Waals surface area (Å²) in [5.41, 5.74) is 0. The number of rotatable bonds is 2. The average Bonchev–Trinajstić information content (AvgIpc) is 2.61. The summed E-state index contributed by atoms with van der Waals surface area (Å²) in [7, 11) is 1.61. The third-order valence-corrected chi connectivity index (χ3v) is 2.84. The molecule has 14 heavy (non-hydrogen) atoms. The fourth-order valence-corrected chi connectivity index (χ4v) is 2.02. The van der Waals surface area contributed by atoms with Crippen molar-refractivity contribution in [2.75, 3.05) is 13.7 Å². The van der Waals surface area contributed by atoms with Gasteiger partial charge in [-0.15, -0.1) is 5.10 Å². The van der Waals surface area contributed by atoms with Gasteiger partial charge in [0.1, 0.15) is 6.23 Å². The van der Waals surface area contributed by atoms with Crippen LogP contribution in [0.5, 0.6) is 5.88 Å². The van der Waals surface area contributed by atoms with E-state index in [1.807, 2.05) is 10.9 Å². The highest BCUT2D eigenvalue weighted by molar-refractivity contribution is 9.10. The number of methoxy groups -OCH3 is 1. The van der Waals surface area contributed by atoms with Gasteiger partial charge < -0.3 is 9.47 Å². The molecule has 5 heteroatoms. The van der Waals surface area contributed by atoms with Crippen LogP contribution in [0.3, 0.4) is 0 Å². The Morgan fingerprint density at radius 3 is 3.07 bits per heavy atom. The van der Waals surface area contributed by atoms with E-state index < -0.39 is 0 Å². The van der Waals surface area contributed by atoms with Crippen LogP contribution in [0.2, 0.25) is 0 Å². The average molecular weight is 261 g/mol. The molecule has 1 aromatic heterocycles. The number of ether oxygens (including phenoxy) is 2. The molecular weight excluding hydrogens is 248 g/mol. The SMILES string of the molecule is COc1nn(C2CCCCO2)cc1Br. The van der Waals surface area contributed by atoms with E-state index in [1.54, 1.807) is 7.11 Å². The van der Waals surface area contributed by atoms with Crippen LogP contribution < -0.4 is 4.74 Å². The van der Waals surface area contributed by atoms with Gasteiger partial charge in [-0.05, 0) is 35.2 Å². The Balaban J connectivity index is 2.14. The zero-order valence-electron chi connectivity index (χ0n) is 8.07.